The van der Waals surface area contributed by atoms with Crippen LogP contribution in [0.5, 0.6) is 0 Å². The fourth-order valence-corrected chi connectivity index (χ4v) is 2.71. The number of pyridine rings is 1. The Bertz CT molecular complexity index is 749. The summed E-state index contributed by atoms with van der Waals surface area (Å²) in [5, 5.41) is 0. The molecule has 2 N–H and O–H groups in total. The lowest BCUT2D eigenvalue weighted by Crippen LogP contribution is -2.51. The minimum Gasteiger partial charge on any atom is -0.323 e. The van der Waals surface area contributed by atoms with Gasteiger partial charge in [0.1, 0.15) is 12.0 Å². The predicted octanol–water partition coefficient (Wildman–Crippen LogP) is 1.24. The van der Waals surface area contributed by atoms with Crippen molar-refractivity contribution in [1.29, 1.82) is 0 Å². The Balaban J connectivity index is 1.47. The summed E-state index contributed by atoms with van der Waals surface area (Å²) in [4.78, 5) is 37.2. The first kappa shape index (κ1) is 16.7. The first-order valence-electron chi connectivity index (χ1n) is 7.87. The van der Waals surface area contributed by atoms with Crippen molar-refractivity contribution in [3.8, 4) is 0 Å². The number of halogens is 1. The lowest BCUT2D eigenvalue weighted by atomic mass is 9.93. The monoisotopic (exact) mass is 344 g/mol. The molecule has 1 aliphatic heterocycles. The number of carbonyl (C=O) groups is 2. The summed E-state index contributed by atoms with van der Waals surface area (Å²) in [6, 6.07) is 5.34. The maximum absolute atomic E-state index is 13.0. The highest BCUT2D eigenvalue weighted by Gasteiger charge is 2.24. The molecule has 3 heterocycles. The van der Waals surface area contributed by atoms with E-state index in [1.165, 1.54) is 18.5 Å². The van der Waals surface area contributed by atoms with Crippen LogP contribution in [0.25, 0.3) is 0 Å². The van der Waals surface area contributed by atoms with Gasteiger partial charge in [0, 0.05) is 30.9 Å². The van der Waals surface area contributed by atoms with Crippen molar-refractivity contribution >= 4 is 11.9 Å². The summed E-state index contributed by atoms with van der Waals surface area (Å²) in [7, 11) is 0. The third kappa shape index (κ3) is 4.25. The molecule has 3 rings (SSSR count). The quantitative estimate of drug-likeness (QED) is 0.631. The van der Waals surface area contributed by atoms with Gasteiger partial charge in [0.25, 0.3) is 5.91 Å². The van der Waals surface area contributed by atoms with Crippen LogP contribution in [0, 0.1) is 5.95 Å². The molecule has 0 atom stereocenters. The molecule has 130 valence electrons. The molecule has 1 aliphatic rings. The van der Waals surface area contributed by atoms with Crippen LogP contribution < -0.4 is 10.9 Å². The molecule has 0 spiro atoms. The van der Waals surface area contributed by atoms with Gasteiger partial charge in [0.05, 0.1) is 0 Å². The number of aromatic nitrogens is 3. The van der Waals surface area contributed by atoms with Gasteiger partial charge in [-0.15, -0.1) is 0 Å². The fourth-order valence-electron chi connectivity index (χ4n) is 2.71. The third-order valence-corrected chi connectivity index (χ3v) is 4.04. The topological polar surface area (TPSA) is 100 Å². The molecule has 0 unspecified atom stereocenters. The number of urea groups is 1. The number of amides is 3. The summed E-state index contributed by atoms with van der Waals surface area (Å²) in [5.74, 6) is -1.15. The first-order chi connectivity index (χ1) is 12.1. The normalized spacial score (nSPS) is 14.8. The number of rotatable bonds is 2. The van der Waals surface area contributed by atoms with Gasteiger partial charge in [-0.1, -0.05) is 6.07 Å². The molecule has 25 heavy (non-hydrogen) atoms. The van der Waals surface area contributed by atoms with Crippen LogP contribution in [-0.2, 0) is 0 Å². The van der Waals surface area contributed by atoms with Crippen LogP contribution in [0.2, 0.25) is 0 Å². The zero-order valence-corrected chi connectivity index (χ0v) is 13.4. The zero-order valence-electron chi connectivity index (χ0n) is 13.4. The Morgan fingerprint density at radius 3 is 2.64 bits per heavy atom. The van der Waals surface area contributed by atoms with E-state index >= 15 is 0 Å². The molecule has 0 aromatic carbocycles. The zero-order chi connectivity index (χ0) is 17.6. The Labute approximate surface area is 143 Å². The Kier molecular flexibility index (Phi) is 5.12. The average molecular weight is 344 g/mol. The largest absolute Gasteiger partial charge is 0.336 e. The van der Waals surface area contributed by atoms with Gasteiger partial charge in [0.15, 0.2) is 0 Å². The number of hydrogen-bond acceptors (Lipinski definition) is 5. The van der Waals surface area contributed by atoms with E-state index in [0.29, 0.717) is 13.1 Å². The van der Waals surface area contributed by atoms with Crippen molar-refractivity contribution in [3.63, 3.8) is 0 Å². The minimum atomic E-state index is -0.759. The molecule has 3 amide bonds. The maximum Gasteiger partial charge on any atom is 0.336 e. The van der Waals surface area contributed by atoms with E-state index < -0.39 is 17.9 Å². The van der Waals surface area contributed by atoms with Gasteiger partial charge in [-0.05, 0) is 31.0 Å². The van der Waals surface area contributed by atoms with E-state index in [4.69, 9.17) is 0 Å². The summed E-state index contributed by atoms with van der Waals surface area (Å²) in [5.41, 5.74) is 5.42. The third-order valence-electron chi connectivity index (χ3n) is 4.04. The molecule has 9 heteroatoms. The van der Waals surface area contributed by atoms with E-state index in [-0.39, 0.29) is 11.6 Å². The van der Waals surface area contributed by atoms with Gasteiger partial charge < -0.3 is 4.90 Å². The molecule has 0 aliphatic carbocycles. The molecule has 2 aromatic rings. The van der Waals surface area contributed by atoms with Crippen LogP contribution in [-0.4, -0.2) is 44.9 Å². The highest BCUT2D eigenvalue weighted by atomic mass is 19.1. The number of likely N-dealkylation sites (tertiary alicyclic amines) is 1. The standard InChI is InChI=1S/C16H17FN6O2/c17-14-3-1-2-13(20-14)15(24)21-22-16(25)23-8-5-11(6-9-23)12-4-7-18-10-19-12/h1-4,7,10-11H,5-6,8-9H2,(H,21,24)(H,22,25). The van der Waals surface area contributed by atoms with Crippen LogP contribution in [0.3, 0.4) is 0 Å². The van der Waals surface area contributed by atoms with Crippen LogP contribution in [0.15, 0.2) is 36.8 Å². The summed E-state index contributed by atoms with van der Waals surface area (Å²) in [6.45, 7) is 1.10. The predicted molar refractivity (Wildman–Crippen MR) is 85.8 cm³/mol. The van der Waals surface area contributed by atoms with Crippen molar-refractivity contribution in [1.82, 2.24) is 30.7 Å². The number of nitrogens with zero attached hydrogens (tertiary/aromatic N) is 4. The Hall–Kier alpha value is -3.10. The van der Waals surface area contributed by atoms with Gasteiger partial charge in [-0.2, -0.15) is 4.39 Å². The fraction of sp³-hybridized carbons (Fsp3) is 0.312. The number of piperidine rings is 1. The smallest absolute Gasteiger partial charge is 0.323 e. The molecule has 2 aromatic heterocycles. The van der Waals surface area contributed by atoms with Crippen molar-refractivity contribution in [2.75, 3.05) is 13.1 Å². The minimum absolute atomic E-state index is 0.109. The van der Waals surface area contributed by atoms with Gasteiger partial charge in [-0.3, -0.25) is 10.2 Å². The maximum atomic E-state index is 13.0. The second-order valence-electron chi connectivity index (χ2n) is 5.63. The van der Waals surface area contributed by atoms with Crippen molar-refractivity contribution < 1.29 is 14.0 Å². The second kappa shape index (κ2) is 7.65. The second-order valence-corrected chi connectivity index (χ2v) is 5.63. The van der Waals surface area contributed by atoms with Crippen LogP contribution >= 0.6 is 0 Å². The van der Waals surface area contributed by atoms with Crippen molar-refractivity contribution in [2.24, 2.45) is 0 Å². The molecular weight excluding hydrogens is 327 g/mol. The van der Waals surface area contributed by atoms with E-state index in [9.17, 15) is 14.0 Å². The van der Waals surface area contributed by atoms with E-state index in [2.05, 4.69) is 25.8 Å². The average Bonchev–Trinajstić information content (AvgIpc) is 2.66. The lowest BCUT2D eigenvalue weighted by molar-refractivity contribution is 0.0921. The van der Waals surface area contributed by atoms with Crippen LogP contribution in [0.1, 0.15) is 34.9 Å². The highest BCUT2D eigenvalue weighted by molar-refractivity contribution is 5.93. The molecule has 1 fully saturated rings. The van der Waals surface area contributed by atoms with Crippen molar-refractivity contribution in [2.45, 2.75) is 18.8 Å². The number of carbonyl (C=O) groups excluding carboxylic acids is 2. The molecule has 0 saturated carbocycles. The van der Waals surface area contributed by atoms with Gasteiger partial charge >= 0.3 is 6.03 Å². The summed E-state index contributed by atoms with van der Waals surface area (Å²) < 4.78 is 13.0. The first-order valence-corrected chi connectivity index (χ1v) is 7.87. The highest BCUT2D eigenvalue weighted by Crippen LogP contribution is 2.25. The molecular formula is C16H17FN6O2. The lowest BCUT2D eigenvalue weighted by Gasteiger charge is -2.31. The van der Waals surface area contributed by atoms with Gasteiger partial charge in [0.2, 0.25) is 5.95 Å². The Morgan fingerprint density at radius 2 is 1.96 bits per heavy atom. The van der Waals surface area contributed by atoms with Gasteiger partial charge in [-0.25, -0.2) is 25.2 Å². The molecule has 0 radical (unpaired) electrons. The van der Waals surface area contributed by atoms with E-state index in [1.807, 2.05) is 6.07 Å². The van der Waals surface area contributed by atoms with Crippen molar-refractivity contribution in [3.05, 3.63) is 54.1 Å². The van der Waals surface area contributed by atoms with Crippen LogP contribution in [0.4, 0.5) is 9.18 Å². The molecule has 8 nitrogen and oxygen atoms in total. The SMILES string of the molecule is O=C(NNC(=O)N1CCC(c2ccncn2)CC1)c1cccc(F)n1. The summed E-state index contributed by atoms with van der Waals surface area (Å²) >= 11 is 0. The molecule has 1 saturated heterocycles. The number of hydrazine groups is 1. The molecule has 0 bridgehead atoms. The number of nitrogens with one attached hydrogen (secondary N) is 2. The summed E-state index contributed by atoms with van der Waals surface area (Å²) in [6.07, 6.45) is 4.79. The van der Waals surface area contributed by atoms with E-state index in [0.717, 1.165) is 24.6 Å². The van der Waals surface area contributed by atoms with E-state index in [1.54, 1.807) is 11.1 Å². The Morgan fingerprint density at radius 1 is 1.16 bits per heavy atom. The number of hydrogen-bond donors (Lipinski definition) is 2.